The van der Waals surface area contributed by atoms with E-state index in [9.17, 15) is 0 Å². The van der Waals surface area contributed by atoms with Gasteiger partial charge in [-0.15, -0.1) is 10.4 Å². The molecule has 0 amide bonds. The third kappa shape index (κ3) is 16.1. The van der Waals surface area contributed by atoms with Gasteiger partial charge in [-0.1, -0.05) is 92.4 Å². The predicted molar refractivity (Wildman–Crippen MR) is 157 cm³/mol. The Labute approximate surface area is 231 Å². The van der Waals surface area contributed by atoms with Crippen LogP contribution >= 0.6 is 0 Å². The van der Waals surface area contributed by atoms with Crippen molar-refractivity contribution >= 4 is 27.0 Å². The van der Waals surface area contributed by atoms with Crippen LogP contribution in [0.3, 0.4) is 0 Å². The summed E-state index contributed by atoms with van der Waals surface area (Å²) in [5.41, 5.74) is 0. The van der Waals surface area contributed by atoms with Gasteiger partial charge in [-0.25, -0.2) is 24.3 Å². The summed E-state index contributed by atoms with van der Waals surface area (Å²) in [5, 5.41) is 2.83. The Hall–Kier alpha value is -0.427. The topological polar surface area (TPSA) is 18.5 Å². The van der Waals surface area contributed by atoms with Crippen LogP contribution < -0.4 is 10.4 Å². The molecule has 2 aromatic carbocycles. The summed E-state index contributed by atoms with van der Waals surface area (Å²) in [5.74, 6) is 1.68. The molecule has 2 aromatic rings. The van der Waals surface area contributed by atoms with Crippen LogP contribution in [0.25, 0.3) is 0 Å². The molecule has 0 aliphatic carbocycles. The van der Waals surface area contributed by atoms with Crippen molar-refractivity contribution in [3.63, 3.8) is 0 Å². The first-order valence-electron chi connectivity index (χ1n) is 13.8. The largest absolute Gasteiger partial charge is 2.00 e. The summed E-state index contributed by atoms with van der Waals surface area (Å²) in [7, 11) is -3.22. The maximum Gasteiger partial charge on any atom is 2.00 e. The molecule has 0 heterocycles. The van der Waals surface area contributed by atoms with Crippen molar-refractivity contribution in [3.05, 3.63) is 48.5 Å². The summed E-state index contributed by atoms with van der Waals surface area (Å²) in [6.07, 6.45) is 10.4. The Balaban J connectivity index is 0.000000642. The third-order valence-corrected chi connectivity index (χ3v) is 11.8. The van der Waals surface area contributed by atoms with E-state index in [1.165, 1.54) is 61.7 Å². The van der Waals surface area contributed by atoms with Crippen molar-refractivity contribution in [1.29, 1.82) is 0 Å². The van der Waals surface area contributed by atoms with Crippen molar-refractivity contribution in [2.75, 3.05) is 13.2 Å². The van der Waals surface area contributed by atoms with Gasteiger partial charge in [0.25, 0.3) is 0 Å². The SMILES string of the molecule is CC(C)CCCCCO[Si](C)(C)[c-]1cccc1.CC(C)CCCCCO[Si](C)(C)[c-]1cccc1.[Fe+2]. The van der Waals surface area contributed by atoms with Gasteiger partial charge in [-0.3, -0.25) is 0 Å². The second-order valence-corrected chi connectivity index (χ2v) is 19.3. The minimum Gasteiger partial charge on any atom is -0.425 e. The minimum atomic E-state index is -1.61. The van der Waals surface area contributed by atoms with E-state index in [0.29, 0.717) is 0 Å². The average molecular weight is 559 g/mol. The smallest absolute Gasteiger partial charge is 0.425 e. The van der Waals surface area contributed by atoms with Gasteiger partial charge in [-0.2, -0.15) is 24.3 Å². The first kappa shape index (κ1) is 34.6. The first-order chi connectivity index (χ1) is 16.0. The second-order valence-electron chi connectivity index (χ2n) is 11.6. The monoisotopic (exact) mass is 558 g/mol. The fourth-order valence-electron chi connectivity index (χ4n) is 4.03. The van der Waals surface area contributed by atoms with Crippen LogP contribution in [0.15, 0.2) is 48.5 Å². The molecule has 0 spiro atoms. The molecular weight excluding hydrogens is 504 g/mol. The number of unbranched alkanes of at least 4 members (excludes halogenated alkanes) is 4. The fourth-order valence-corrected chi connectivity index (χ4v) is 7.67. The molecule has 2 nitrogen and oxygen atoms in total. The zero-order chi connectivity index (χ0) is 25.5. The van der Waals surface area contributed by atoms with Crippen LogP contribution in [0.4, 0.5) is 0 Å². The summed E-state index contributed by atoms with van der Waals surface area (Å²) < 4.78 is 12.2. The van der Waals surface area contributed by atoms with Crippen molar-refractivity contribution in [3.8, 4) is 0 Å². The van der Waals surface area contributed by atoms with Gasteiger partial charge in [0.05, 0.1) is 0 Å². The van der Waals surface area contributed by atoms with Crippen molar-refractivity contribution < 1.29 is 25.9 Å². The van der Waals surface area contributed by atoms with Crippen molar-refractivity contribution in [1.82, 2.24) is 0 Å². The molecule has 0 unspecified atom stereocenters. The molecule has 0 saturated heterocycles. The molecule has 0 atom stereocenters. The molecule has 202 valence electrons. The molecule has 0 bridgehead atoms. The van der Waals surface area contributed by atoms with E-state index < -0.39 is 16.6 Å². The molecule has 0 N–H and O–H groups in total. The summed E-state index contributed by atoms with van der Waals surface area (Å²) in [4.78, 5) is 0. The normalized spacial score (nSPS) is 11.9. The standard InChI is InChI=1S/2C15H27OSi.Fe/c2*1-14(2)10-6-5-9-13-16-17(3,4)15-11-7-8-12-15;/h2*7-8,11-12,14H,5-6,9-10,13H2,1-4H3;/q2*-1;+2. The number of rotatable bonds is 16. The Morgan fingerprint density at radius 1 is 0.543 bits per heavy atom. The third-order valence-electron chi connectivity index (χ3n) is 6.49. The van der Waals surface area contributed by atoms with E-state index in [-0.39, 0.29) is 17.1 Å². The predicted octanol–water partition coefficient (Wildman–Crippen LogP) is 8.10. The molecule has 0 aliphatic heterocycles. The molecular formula is C30H54FeO2Si2. The molecule has 0 saturated carbocycles. The van der Waals surface area contributed by atoms with Gasteiger partial charge in [0.2, 0.25) is 0 Å². The Bertz CT molecular complexity index is 645. The quantitative estimate of drug-likeness (QED) is 0.118. The fraction of sp³-hybridized carbons (Fsp3) is 0.667. The van der Waals surface area contributed by atoms with E-state index in [4.69, 9.17) is 8.85 Å². The van der Waals surface area contributed by atoms with E-state index in [0.717, 1.165) is 25.0 Å². The zero-order valence-electron chi connectivity index (χ0n) is 24.0. The van der Waals surface area contributed by atoms with E-state index in [1.807, 2.05) is 0 Å². The molecule has 5 heteroatoms. The van der Waals surface area contributed by atoms with Gasteiger partial charge in [-0.05, 0) is 24.7 Å². The van der Waals surface area contributed by atoms with E-state index in [2.05, 4.69) is 102 Å². The van der Waals surface area contributed by atoms with Crippen molar-refractivity contribution in [2.24, 2.45) is 11.8 Å². The molecule has 2 rings (SSSR count). The van der Waals surface area contributed by atoms with Gasteiger partial charge >= 0.3 is 17.1 Å². The maximum atomic E-state index is 6.12. The Morgan fingerprint density at radius 2 is 0.857 bits per heavy atom. The van der Waals surface area contributed by atoms with Gasteiger partial charge in [0.15, 0.2) is 16.6 Å². The summed E-state index contributed by atoms with van der Waals surface area (Å²) in [6, 6.07) is 17.2. The number of hydrogen-bond donors (Lipinski definition) is 0. The van der Waals surface area contributed by atoms with Crippen LogP contribution in [0, 0.1) is 11.8 Å². The van der Waals surface area contributed by atoms with Crippen LogP contribution in [0.1, 0.15) is 79.1 Å². The Kier molecular flexibility index (Phi) is 18.5. The summed E-state index contributed by atoms with van der Waals surface area (Å²) in [6.45, 7) is 20.2. The maximum absolute atomic E-state index is 6.12. The molecule has 0 fully saturated rings. The molecule has 0 radical (unpaired) electrons. The van der Waals surface area contributed by atoms with Gasteiger partial charge in [0, 0.05) is 13.2 Å². The van der Waals surface area contributed by atoms with Crippen molar-refractivity contribution in [2.45, 2.75) is 105 Å². The van der Waals surface area contributed by atoms with Crippen LogP contribution in [-0.2, 0) is 25.9 Å². The van der Waals surface area contributed by atoms with Gasteiger partial charge in [0.1, 0.15) is 0 Å². The Morgan fingerprint density at radius 3 is 1.14 bits per heavy atom. The molecule has 0 aliphatic rings. The second kappa shape index (κ2) is 18.8. The summed E-state index contributed by atoms with van der Waals surface area (Å²) >= 11 is 0. The minimum absolute atomic E-state index is 0. The first-order valence-corrected chi connectivity index (χ1v) is 19.6. The molecule has 35 heavy (non-hydrogen) atoms. The van der Waals surface area contributed by atoms with E-state index >= 15 is 0 Å². The molecule has 0 aromatic heterocycles. The van der Waals surface area contributed by atoms with Crippen LogP contribution in [0.2, 0.25) is 26.2 Å². The zero-order valence-corrected chi connectivity index (χ0v) is 27.1. The number of hydrogen-bond acceptors (Lipinski definition) is 2. The van der Waals surface area contributed by atoms with Crippen LogP contribution in [0.5, 0.6) is 0 Å². The van der Waals surface area contributed by atoms with Gasteiger partial charge < -0.3 is 8.85 Å². The average Bonchev–Trinajstić information content (AvgIpc) is 3.48. The van der Waals surface area contributed by atoms with Crippen LogP contribution in [-0.4, -0.2) is 29.8 Å². The van der Waals surface area contributed by atoms with E-state index in [1.54, 1.807) is 0 Å².